The van der Waals surface area contributed by atoms with Crippen LogP contribution in [-0.4, -0.2) is 34.6 Å². The number of rotatable bonds is 6. The zero-order valence-electron chi connectivity index (χ0n) is 13.4. The Morgan fingerprint density at radius 3 is 2.30 bits per heavy atom. The molecule has 6 nitrogen and oxygen atoms in total. The van der Waals surface area contributed by atoms with Gasteiger partial charge in [0.2, 0.25) is 5.91 Å². The first kappa shape index (κ1) is 18.4. The summed E-state index contributed by atoms with van der Waals surface area (Å²) in [5, 5.41) is 11.0. The number of carboxylic acid groups (broad SMARTS) is 1. The molecular formula is C17H21NO5. The maximum Gasteiger partial charge on any atom is 0.329 e. The molecule has 0 radical (unpaired) electrons. The largest absolute Gasteiger partial charge is 0.478 e. The summed E-state index contributed by atoms with van der Waals surface area (Å²) in [6.45, 7) is 5.20. The van der Waals surface area contributed by atoms with Crippen LogP contribution >= 0.6 is 0 Å². The average Bonchev–Trinajstić information content (AvgIpc) is 2.43. The molecule has 0 heterocycles. The molecule has 0 saturated carbocycles. The van der Waals surface area contributed by atoms with E-state index in [0.717, 1.165) is 11.6 Å². The number of amides is 1. The predicted molar refractivity (Wildman–Crippen MR) is 84.7 cm³/mol. The lowest BCUT2D eigenvalue weighted by Crippen LogP contribution is -2.45. The number of hydrogen-bond donors (Lipinski definition) is 2. The summed E-state index contributed by atoms with van der Waals surface area (Å²) >= 11 is 0. The zero-order chi connectivity index (χ0) is 17.5. The minimum Gasteiger partial charge on any atom is -0.478 e. The van der Waals surface area contributed by atoms with E-state index in [1.165, 1.54) is 0 Å². The number of nitrogens with one attached hydrogen (secondary N) is 1. The van der Waals surface area contributed by atoms with Crippen molar-refractivity contribution in [2.75, 3.05) is 0 Å². The summed E-state index contributed by atoms with van der Waals surface area (Å²) in [7, 11) is 0. The van der Waals surface area contributed by atoms with E-state index in [9.17, 15) is 14.4 Å². The quantitative estimate of drug-likeness (QED) is 0.615. The highest BCUT2D eigenvalue weighted by atomic mass is 16.6. The van der Waals surface area contributed by atoms with Crippen LogP contribution in [0.4, 0.5) is 0 Å². The summed E-state index contributed by atoms with van der Waals surface area (Å²) in [6, 6.07) is 8.26. The van der Waals surface area contributed by atoms with Gasteiger partial charge in [-0.15, -0.1) is 0 Å². The summed E-state index contributed by atoms with van der Waals surface area (Å²) in [5.74, 6) is -2.48. The third kappa shape index (κ3) is 7.80. The highest BCUT2D eigenvalue weighted by Crippen LogP contribution is 2.11. The number of carbonyl (C=O) groups is 3. The van der Waals surface area contributed by atoms with Crippen molar-refractivity contribution in [3.8, 4) is 0 Å². The average molecular weight is 319 g/mol. The van der Waals surface area contributed by atoms with Gasteiger partial charge in [-0.2, -0.15) is 0 Å². The Balaban J connectivity index is 2.85. The van der Waals surface area contributed by atoms with Crippen molar-refractivity contribution in [2.24, 2.45) is 0 Å². The van der Waals surface area contributed by atoms with Gasteiger partial charge in [0.05, 0.1) is 0 Å². The predicted octanol–water partition coefficient (Wildman–Crippen LogP) is 1.70. The number of ether oxygens (including phenoxy) is 1. The molecule has 0 aliphatic heterocycles. The molecule has 1 aromatic carbocycles. The number of benzene rings is 1. The third-order valence-electron chi connectivity index (χ3n) is 2.67. The van der Waals surface area contributed by atoms with Crippen LogP contribution in [-0.2, 0) is 25.5 Å². The Kier molecular flexibility index (Phi) is 6.50. The zero-order valence-corrected chi connectivity index (χ0v) is 13.4. The van der Waals surface area contributed by atoms with Gasteiger partial charge in [-0.05, 0) is 26.3 Å². The Bertz CT molecular complexity index is 587. The number of carbonyl (C=O) groups excluding carboxylic acids is 2. The number of aliphatic carboxylic acids is 1. The molecule has 0 fully saturated rings. The van der Waals surface area contributed by atoms with E-state index in [2.05, 4.69) is 5.32 Å². The molecule has 1 amide bonds. The smallest absolute Gasteiger partial charge is 0.329 e. The van der Waals surface area contributed by atoms with E-state index in [1.54, 1.807) is 20.8 Å². The van der Waals surface area contributed by atoms with Crippen molar-refractivity contribution in [1.82, 2.24) is 5.32 Å². The molecular weight excluding hydrogens is 298 g/mol. The second kappa shape index (κ2) is 8.12. The Hall–Kier alpha value is -2.63. The molecule has 0 aliphatic carbocycles. The summed E-state index contributed by atoms with van der Waals surface area (Å²) in [4.78, 5) is 34.5. The summed E-state index contributed by atoms with van der Waals surface area (Å²) in [5.41, 5.74) is 0.166. The third-order valence-corrected chi connectivity index (χ3v) is 2.67. The van der Waals surface area contributed by atoms with Gasteiger partial charge in [0.15, 0.2) is 0 Å². The Morgan fingerprint density at radius 2 is 1.78 bits per heavy atom. The minimum atomic E-state index is -1.24. The molecule has 0 spiro atoms. The van der Waals surface area contributed by atoms with Gasteiger partial charge in [0, 0.05) is 18.6 Å². The molecule has 0 unspecified atom stereocenters. The molecule has 124 valence electrons. The molecule has 0 aliphatic rings. The maximum atomic E-state index is 12.3. The highest BCUT2D eigenvalue weighted by Gasteiger charge is 2.26. The van der Waals surface area contributed by atoms with Crippen molar-refractivity contribution in [3.63, 3.8) is 0 Å². The van der Waals surface area contributed by atoms with Gasteiger partial charge in [0.25, 0.3) is 0 Å². The lowest BCUT2D eigenvalue weighted by molar-refractivity contribution is -0.158. The molecule has 23 heavy (non-hydrogen) atoms. The second-order valence-corrected chi connectivity index (χ2v) is 5.96. The fourth-order valence-corrected chi connectivity index (χ4v) is 1.78. The van der Waals surface area contributed by atoms with Crippen LogP contribution < -0.4 is 5.32 Å². The van der Waals surface area contributed by atoms with Gasteiger partial charge >= 0.3 is 11.9 Å². The van der Waals surface area contributed by atoms with Gasteiger partial charge in [0.1, 0.15) is 11.6 Å². The minimum absolute atomic E-state index is 0.252. The molecule has 6 heteroatoms. The summed E-state index contributed by atoms with van der Waals surface area (Å²) < 4.78 is 5.30. The van der Waals surface area contributed by atoms with E-state index in [1.807, 2.05) is 30.3 Å². The maximum absolute atomic E-state index is 12.3. The molecule has 2 N–H and O–H groups in total. The molecule has 0 saturated heterocycles. The van der Waals surface area contributed by atoms with E-state index >= 15 is 0 Å². The number of esters is 1. The fourth-order valence-electron chi connectivity index (χ4n) is 1.78. The van der Waals surface area contributed by atoms with Gasteiger partial charge in [-0.1, -0.05) is 30.3 Å². The lowest BCUT2D eigenvalue weighted by Gasteiger charge is -2.24. The van der Waals surface area contributed by atoms with Crippen molar-refractivity contribution in [1.29, 1.82) is 0 Å². The topological polar surface area (TPSA) is 92.7 Å². The van der Waals surface area contributed by atoms with E-state index < -0.39 is 29.5 Å². The normalized spacial score (nSPS) is 12.7. The van der Waals surface area contributed by atoms with Crippen molar-refractivity contribution in [3.05, 3.63) is 48.0 Å². The van der Waals surface area contributed by atoms with E-state index in [-0.39, 0.29) is 6.42 Å². The molecule has 1 rings (SSSR count). The first-order chi connectivity index (χ1) is 10.7. The second-order valence-electron chi connectivity index (χ2n) is 5.96. The lowest BCUT2D eigenvalue weighted by atomic mass is 10.1. The van der Waals surface area contributed by atoms with Crippen molar-refractivity contribution in [2.45, 2.75) is 38.8 Å². The summed E-state index contributed by atoms with van der Waals surface area (Å²) in [6.07, 6.45) is 1.83. The molecule has 0 aromatic heterocycles. The van der Waals surface area contributed by atoms with Crippen LogP contribution in [0.15, 0.2) is 42.5 Å². The van der Waals surface area contributed by atoms with Crippen LogP contribution in [0.1, 0.15) is 26.3 Å². The van der Waals surface area contributed by atoms with Crippen molar-refractivity contribution < 1.29 is 24.2 Å². The molecule has 1 atom stereocenters. The van der Waals surface area contributed by atoms with Gasteiger partial charge in [-0.3, -0.25) is 4.79 Å². The standard InChI is InChI=1S/C17H21NO5/c1-17(2,3)23-16(22)13(11-12-7-5-4-6-8-12)18-14(19)9-10-15(20)21/h4-10,13H,11H2,1-3H3,(H,18,19)(H,20,21)/b10-9+/t13-/m0/s1. The number of carboxylic acids is 1. The van der Waals surface area contributed by atoms with Crippen LogP contribution in [0, 0.1) is 0 Å². The monoisotopic (exact) mass is 319 g/mol. The fraction of sp³-hybridized carbons (Fsp3) is 0.353. The Labute approximate surface area is 135 Å². The Morgan fingerprint density at radius 1 is 1.17 bits per heavy atom. The van der Waals surface area contributed by atoms with E-state index in [0.29, 0.717) is 6.08 Å². The first-order valence-corrected chi connectivity index (χ1v) is 7.15. The molecule has 1 aromatic rings. The SMILES string of the molecule is CC(C)(C)OC(=O)[C@H](Cc1ccccc1)NC(=O)/C=C/C(=O)O. The first-order valence-electron chi connectivity index (χ1n) is 7.15. The number of hydrogen-bond acceptors (Lipinski definition) is 4. The van der Waals surface area contributed by atoms with Gasteiger partial charge in [-0.25, -0.2) is 9.59 Å². The van der Waals surface area contributed by atoms with Crippen LogP contribution in [0.25, 0.3) is 0 Å². The highest BCUT2D eigenvalue weighted by molar-refractivity contribution is 5.96. The van der Waals surface area contributed by atoms with Crippen LogP contribution in [0.2, 0.25) is 0 Å². The van der Waals surface area contributed by atoms with Crippen LogP contribution in [0.3, 0.4) is 0 Å². The molecule has 0 bridgehead atoms. The van der Waals surface area contributed by atoms with Crippen molar-refractivity contribution >= 4 is 17.8 Å². The van der Waals surface area contributed by atoms with Crippen LogP contribution in [0.5, 0.6) is 0 Å². The van der Waals surface area contributed by atoms with Gasteiger partial charge < -0.3 is 15.2 Å². The van der Waals surface area contributed by atoms with E-state index in [4.69, 9.17) is 9.84 Å².